The van der Waals surface area contributed by atoms with Crippen molar-refractivity contribution in [1.82, 2.24) is 19.9 Å². The van der Waals surface area contributed by atoms with E-state index in [1.54, 1.807) is 6.20 Å². The van der Waals surface area contributed by atoms with E-state index in [-0.39, 0.29) is 11.4 Å². The fourth-order valence-corrected chi connectivity index (χ4v) is 3.93. The number of aryl methyl sites for hydroxylation is 1. The Morgan fingerprint density at radius 3 is 2.74 bits per heavy atom. The predicted octanol–water partition coefficient (Wildman–Crippen LogP) is 2.69. The smallest absolute Gasteiger partial charge is 0.324 e. The van der Waals surface area contributed by atoms with Crippen LogP contribution < -0.4 is 11.1 Å². The summed E-state index contributed by atoms with van der Waals surface area (Å²) in [7, 11) is 0. The van der Waals surface area contributed by atoms with Gasteiger partial charge in [0.1, 0.15) is 11.9 Å². The predicted molar refractivity (Wildman–Crippen MR) is 105 cm³/mol. The molecule has 0 bridgehead atoms. The third-order valence-electron chi connectivity index (χ3n) is 4.41. The van der Waals surface area contributed by atoms with Crippen LogP contribution in [-0.2, 0) is 10.2 Å². The number of nitrogens with zero attached hydrogens (tertiary/aromatic N) is 4. The summed E-state index contributed by atoms with van der Waals surface area (Å²) in [4.78, 5) is 39.8. The quantitative estimate of drug-likeness (QED) is 0.839. The Balaban J connectivity index is 1.81. The number of nitrogens with one attached hydrogen (secondary N) is 1. The van der Waals surface area contributed by atoms with Crippen LogP contribution in [0.15, 0.2) is 12.3 Å². The van der Waals surface area contributed by atoms with Gasteiger partial charge in [-0.25, -0.2) is 19.7 Å². The standard InChI is InChI=1S/C18H24N6O2S/c1-10-13(11-7-8-20-15(22-11)18(2,3)4)27-16(21-10)23-17(26)24-9-5-6-12(24)14(19)25/h7-8,12H,5-6,9H2,1-4H3,(H2,19,25)(H,21,23,26). The van der Waals surface area contributed by atoms with Gasteiger partial charge in [-0.2, -0.15) is 0 Å². The third kappa shape index (κ3) is 4.08. The maximum Gasteiger partial charge on any atom is 0.324 e. The number of carbonyl (C=O) groups excluding carboxylic acids is 2. The van der Waals surface area contributed by atoms with Crippen LogP contribution in [0.2, 0.25) is 0 Å². The number of nitrogens with two attached hydrogens (primary N) is 1. The number of hydrogen-bond donors (Lipinski definition) is 2. The van der Waals surface area contributed by atoms with Crippen molar-refractivity contribution in [2.75, 3.05) is 11.9 Å². The first-order valence-electron chi connectivity index (χ1n) is 8.85. The van der Waals surface area contributed by atoms with Gasteiger partial charge in [0.15, 0.2) is 5.13 Å². The lowest BCUT2D eigenvalue weighted by Gasteiger charge is -2.21. The molecule has 0 spiro atoms. The number of anilines is 1. The van der Waals surface area contributed by atoms with E-state index in [2.05, 4.69) is 41.0 Å². The molecule has 1 aliphatic rings. The SMILES string of the molecule is Cc1nc(NC(=O)N2CCCC2C(N)=O)sc1-c1ccnc(C(C)(C)C)n1. The van der Waals surface area contributed by atoms with Gasteiger partial charge in [0.05, 0.1) is 16.3 Å². The highest BCUT2D eigenvalue weighted by atomic mass is 32.1. The van der Waals surface area contributed by atoms with Crippen molar-refractivity contribution in [3.8, 4) is 10.6 Å². The number of amides is 3. The zero-order valence-electron chi connectivity index (χ0n) is 15.9. The van der Waals surface area contributed by atoms with E-state index in [0.717, 1.165) is 28.5 Å². The Bertz CT molecular complexity index is 873. The largest absolute Gasteiger partial charge is 0.368 e. The Morgan fingerprint density at radius 2 is 2.07 bits per heavy atom. The molecule has 3 amide bonds. The van der Waals surface area contributed by atoms with E-state index in [1.807, 2.05) is 13.0 Å². The number of thiazole rings is 1. The molecule has 0 saturated carbocycles. The first-order chi connectivity index (χ1) is 12.7. The van der Waals surface area contributed by atoms with Crippen LogP contribution in [0.3, 0.4) is 0 Å². The zero-order valence-corrected chi connectivity index (χ0v) is 16.8. The van der Waals surface area contributed by atoms with Crippen LogP contribution in [0.4, 0.5) is 9.93 Å². The minimum Gasteiger partial charge on any atom is -0.368 e. The van der Waals surface area contributed by atoms with Gasteiger partial charge in [-0.3, -0.25) is 10.1 Å². The molecule has 3 heterocycles. The van der Waals surface area contributed by atoms with Crippen LogP contribution in [0, 0.1) is 6.92 Å². The van der Waals surface area contributed by atoms with E-state index in [9.17, 15) is 9.59 Å². The molecule has 0 aliphatic carbocycles. The topological polar surface area (TPSA) is 114 Å². The average molecular weight is 388 g/mol. The van der Waals surface area contributed by atoms with Crippen molar-refractivity contribution in [2.45, 2.75) is 52.0 Å². The highest BCUT2D eigenvalue weighted by molar-refractivity contribution is 7.19. The highest BCUT2D eigenvalue weighted by Crippen LogP contribution is 2.33. The van der Waals surface area contributed by atoms with Crippen molar-refractivity contribution in [1.29, 1.82) is 0 Å². The Morgan fingerprint density at radius 1 is 1.33 bits per heavy atom. The van der Waals surface area contributed by atoms with Gasteiger partial charge in [0.25, 0.3) is 0 Å². The molecule has 1 atom stereocenters. The molecule has 0 radical (unpaired) electrons. The maximum atomic E-state index is 12.5. The van der Waals surface area contributed by atoms with Crippen molar-refractivity contribution >= 4 is 28.4 Å². The number of likely N-dealkylation sites (tertiary alicyclic amines) is 1. The molecule has 0 aromatic carbocycles. The Hall–Kier alpha value is -2.55. The van der Waals surface area contributed by atoms with Crippen molar-refractivity contribution in [3.63, 3.8) is 0 Å². The second-order valence-corrected chi connectivity index (χ2v) is 8.63. The lowest BCUT2D eigenvalue weighted by Crippen LogP contribution is -2.45. The monoisotopic (exact) mass is 388 g/mol. The van der Waals surface area contributed by atoms with Crippen LogP contribution in [-0.4, -0.2) is 44.4 Å². The molecule has 3 rings (SSSR count). The van der Waals surface area contributed by atoms with Gasteiger partial charge in [0.2, 0.25) is 5.91 Å². The summed E-state index contributed by atoms with van der Waals surface area (Å²) in [6.45, 7) is 8.56. The fourth-order valence-electron chi connectivity index (χ4n) is 3.00. The number of hydrogen-bond acceptors (Lipinski definition) is 6. The molecule has 1 fully saturated rings. The van der Waals surface area contributed by atoms with E-state index >= 15 is 0 Å². The second kappa shape index (κ2) is 7.22. The molecule has 1 aliphatic heterocycles. The van der Waals surface area contributed by atoms with Gasteiger partial charge in [-0.1, -0.05) is 32.1 Å². The molecule has 3 N–H and O–H groups in total. The molecule has 8 nitrogen and oxygen atoms in total. The molecular weight excluding hydrogens is 364 g/mol. The summed E-state index contributed by atoms with van der Waals surface area (Å²) < 4.78 is 0. The van der Waals surface area contributed by atoms with Crippen LogP contribution in [0.5, 0.6) is 0 Å². The molecule has 2 aromatic heterocycles. The minimum atomic E-state index is -0.554. The molecule has 144 valence electrons. The second-order valence-electron chi connectivity index (χ2n) is 7.63. The third-order valence-corrected chi connectivity index (χ3v) is 5.51. The van der Waals surface area contributed by atoms with E-state index in [1.165, 1.54) is 16.2 Å². The summed E-state index contributed by atoms with van der Waals surface area (Å²) in [6.07, 6.45) is 3.10. The van der Waals surface area contributed by atoms with Crippen molar-refractivity contribution in [2.24, 2.45) is 5.73 Å². The number of aromatic nitrogens is 3. The molecule has 1 saturated heterocycles. The maximum absolute atomic E-state index is 12.5. The van der Waals surface area contributed by atoms with Gasteiger partial charge in [-0.15, -0.1) is 0 Å². The van der Waals surface area contributed by atoms with Gasteiger partial charge in [0, 0.05) is 18.2 Å². The minimum absolute atomic E-state index is 0.162. The van der Waals surface area contributed by atoms with Crippen LogP contribution in [0.1, 0.15) is 45.1 Å². The normalized spacial score (nSPS) is 17.2. The van der Waals surface area contributed by atoms with E-state index in [0.29, 0.717) is 18.1 Å². The summed E-state index contributed by atoms with van der Waals surface area (Å²) in [5, 5.41) is 3.26. The zero-order chi connectivity index (χ0) is 19.8. The van der Waals surface area contributed by atoms with Gasteiger partial charge >= 0.3 is 6.03 Å². The first kappa shape index (κ1) is 19.2. The van der Waals surface area contributed by atoms with Gasteiger partial charge < -0.3 is 10.6 Å². The summed E-state index contributed by atoms with van der Waals surface area (Å²) in [5.74, 6) is 0.272. The molecular formula is C18H24N6O2S. The highest BCUT2D eigenvalue weighted by Gasteiger charge is 2.33. The molecule has 9 heteroatoms. The number of carbonyl (C=O) groups is 2. The average Bonchev–Trinajstić information content (AvgIpc) is 3.21. The first-order valence-corrected chi connectivity index (χ1v) is 9.66. The van der Waals surface area contributed by atoms with Crippen molar-refractivity contribution < 1.29 is 9.59 Å². The summed E-state index contributed by atoms with van der Waals surface area (Å²) in [5.41, 5.74) is 6.78. The van der Waals surface area contributed by atoms with Crippen molar-refractivity contribution in [3.05, 3.63) is 23.8 Å². The molecule has 2 aromatic rings. The van der Waals surface area contributed by atoms with Crippen LogP contribution >= 0.6 is 11.3 Å². The number of primary amides is 1. The fraction of sp³-hybridized carbons (Fsp3) is 0.500. The number of rotatable bonds is 3. The Kier molecular flexibility index (Phi) is 5.14. The van der Waals surface area contributed by atoms with Crippen LogP contribution in [0.25, 0.3) is 10.6 Å². The summed E-state index contributed by atoms with van der Waals surface area (Å²) in [6, 6.07) is 0.932. The van der Waals surface area contributed by atoms with Gasteiger partial charge in [-0.05, 0) is 25.8 Å². The van der Waals surface area contributed by atoms with E-state index in [4.69, 9.17) is 5.73 Å². The summed E-state index contributed by atoms with van der Waals surface area (Å²) >= 11 is 1.35. The lowest BCUT2D eigenvalue weighted by molar-refractivity contribution is -0.121. The molecule has 1 unspecified atom stereocenters. The van der Waals surface area contributed by atoms with E-state index < -0.39 is 11.9 Å². The lowest BCUT2D eigenvalue weighted by atomic mass is 9.95. The number of urea groups is 1. The molecule has 27 heavy (non-hydrogen) atoms. The Labute approximate surface area is 162 Å².